The normalized spacial score (nSPS) is 10.3. The molecule has 1 rings (SSSR count). The first kappa shape index (κ1) is 15.4. The highest BCUT2D eigenvalue weighted by Gasteiger charge is 2.20. The molecule has 0 N–H and O–H groups in total. The average molecular weight is 288 g/mol. The zero-order chi connectivity index (χ0) is 14.4. The summed E-state index contributed by atoms with van der Waals surface area (Å²) in [4.78, 5) is 11.4. The van der Waals surface area contributed by atoms with E-state index in [1.54, 1.807) is 13.0 Å². The number of carbonyl (C=O) groups is 1. The minimum Gasteiger partial charge on any atom is -0.466 e. The number of carbonyl (C=O) groups excluding carboxylic acids is 1. The van der Waals surface area contributed by atoms with Crippen LogP contribution in [0.25, 0.3) is 0 Å². The zero-order valence-corrected chi connectivity index (χ0v) is 11.0. The lowest BCUT2D eigenvalue weighted by Crippen LogP contribution is -2.12. The Morgan fingerprint density at radius 2 is 2.21 bits per heavy atom. The molecule has 19 heavy (non-hydrogen) atoms. The fraction of sp³-hybridized carbons (Fsp3) is 0.385. The number of ether oxygens (including phenoxy) is 1. The van der Waals surface area contributed by atoms with Gasteiger partial charge in [-0.25, -0.2) is 8.78 Å². The Bertz CT molecular complexity index is 512. The number of hydrogen-bond donors (Lipinski definition) is 0. The fourth-order valence-corrected chi connectivity index (χ4v) is 1.95. The second-order valence-electron chi connectivity index (χ2n) is 3.73. The molecule has 0 bridgehead atoms. The Labute approximate surface area is 114 Å². The molecule has 3 nitrogen and oxygen atoms in total. The van der Waals surface area contributed by atoms with Gasteiger partial charge >= 0.3 is 5.97 Å². The van der Waals surface area contributed by atoms with E-state index in [0.717, 1.165) is 6.07 Å². The molecule has 1 aromatic rings. The third kappa shape index (κ3) is 3.90. The monoisotopic (exact) mass is 287 g/mol. The molecule has 0 atom stereocenters. The fourth-order valence-electron chi connectivity index (χ4n) is 1.71. The Balaban J connectivity index is 3.26. The van der Waals surface area contributed by atoms with Crippen molar-refractivity contribution in [3.05, 3.63) is 34.4 Å². The average Bonchev–Trinajstić information content (AvgIpc) is 2.38. The van der Waals surface area contributed by atoms with Gasteiger partial charge in [0, 0.05) is 11.4 Å². The van der Waals surface area contributed by atoms with Gasteiger partial charge in [-0.3, -0.25) is 4.79 Å². The van der Waals surface area contributed by atoms with Gasteiger partial charge in [-0.1, -0.05) is 0 Å². The molecule has 0 aliphatic rings. The molecule has 0 radical (unpaired) electrons. The number of nitrogens with zero attached hydrogens (tertiary/aromatic N) is 1. The highest BCUT2D eigenvalue weighted by Crippen LogP contribution is 2.28. The van der Waals surface area contributed by atoms with Gasteiger partial charge in [0.25, 0.3) is 6.43 Å². The van der Waals surface area contributed by atoms with Gasteiger partial charge in [0.05, 0.1) is 24.7 Å². The van der Waals surface area contributed by atoms with Crippen molar-refractivity contribution in [3.63, 3.8) is 0 Å². The second-order valence-corrected chi connectivity index (χ2v) is 4.00. The highest BCUT2D eigenvalue weighted by atomic mass is 35.5. The quantitative estimate of drug-likeness (QED) is 0.616. The Kier molecular flexibility index (Phi) is 5.71. The Morgan fingerprint density at radius 1 is 1.53 bits per heavy atom. The first-order valence-corrected chi connectivity index (χ1v) is 6.12. The molecule has 0 heterocycles. The molecular weight excluding hydrogens is 276 g/mol. The standard InChI is InChI=1S/C13H12ClF2NO2/c1-2-19-12(18)5-10-9(6-14)3-8(7-17)4-11(10)13(15)16/h3-4,13H,2,5-6H2,1H3. The van der Waals surface area contributed by atoms with E-state index in [-0.39, 0.29) is 35.6 Å². The lowest BCUT2D eigenvalue weighted by molar-refractivity contribution is -0.142. The first-order valence-electron chi connectivity index (χ1n) is 5.59. The molecule has 102 valence electrons. The summed E-state index contributed by atoms with van der Waals surface area (Å²) >= 11 is 5.69. The van der Waals surface area contributed by atoms with Crippen molar-refractivity contribution < 1.29 is 18.3 Å². The van der Waals surface area contributed by atoms with Crippen LogP contribution in [0.5, 0.6) is 0 Å². The molecular formula is C13H12ClF2NO2. The van der Waals surface area contributed by atoms with Crippen molar-refractivity contribution in [2.45, 2.75) is 25.7 Å². The van der Waals surface area contributed by atoms with E-state index < -0.39 is 12.4 Å². The maximum Gasteiger partial charge on any atom is 0.310 e. The molecule has 0 aromatic heterocycles. The van der Waals surface area contributed by atoms with Crippen LogP contribution in [-0.2, 0) is 21.8 Å². The zero-order valence-electron chi connectivity index (χ0n) is 10.3. The van der Waals surface area contributed by atoms with E-state index in [9.17, 15) is 13.6 Å². The molecule has 0 amide bonds. The van der Waals surface area contributed by atoms with E-state index in [1.165, 1.54) is 6.07 Å². The predicted octanol–water partition coefficient (Wildman–Crippen LogP) is 3.34. The van der Waals surface area contributed by atoms with Gasteiger partial charge in [-0.2, -0.15) is 5.26 Å². The summed E-state index contributed by atoms with van der Waals surface area (Å²) in [5.74, 6) is -0.648. The SMILES string of the molecule is CCOC(=O)Cc1c(CCl)cc(C#N)cc1C(F)F. The van der Waals surface area contributed by atoms with Crippen molar-refractivity contribution in [1.82, 2.24) is 0 Å². The van der Waals surface area contributed by atoms with Crippen molar-refractivity contribution >= 4 is 17.6 Å². The maximum absolute atomic E-state index is 13.0. The van der Waals surface area contributed by atoms with Gasteiger partial charge in [0.1, 0.15) is 0 Å². The smallest absolute Gasteiger partial charge is 0.310 e. The number of nitriles is 1. The largest absolute Gasteiger partial charge is 0.466 e. The van der Waals surface area contributed by atoms with Gasteiger partial charge in [-0.05, 0) is 30.2 Å². The van der Waals surface area contributed by atoms with E-state index in [4.69, 9.17) is 21.6 Å². The molecule has 0 aliphatic carbocycles. The molecule has 0 saturated carbocycles. The molecule has 0 spiro atoms. The Morgan fingerprint density at radius 3 is 2.68 bits per heavy atom. The molecule has 0 aliphatic heterocycles. The second kappa shape index (κ2) is 7.05. The van der Waals surface area contributed by atoms with Crippen LogP contribution in [0.4, 0.5) is 8.78 Å². The van der Waals surface area contributed by atoms with Crippen molar-refractivity contribution in [1.29, 1.82) is 5.26 Å². The van der Waals surface area contributed by atoms with Crippen molar-refractivity contribution in [3.8, 4) is 6.07 Å². The third-order valence-electron chi connectivity index (χ3n) is 2.51. The molecule has 0 saturated heterocycles. The van der Waals surface area contributed by atoms with Gasteiger partial charge < -0.3 is 4.74 Å². The summed E-state index contributed by atoms with van der Waals surface area (Å²) in [6.45, 7) is 1.81. The lowest BCUT2D eigenvalue weighted by atomic mass is 9.96. The van der Waals surface area contributed by atoms with E-state index >= 15 is 0 Å². The van der Waals surface area contributed by atoms with Crippen LogP contribution in [0.3, 0.4) is 0 Å². The number of hydrogen-bond acceptors (Lipinski definition) is 3. The van der Waals surface area contributed by atoms with Crippen molar-refractivity contribution in [2.24, 2.45) is 0 Å². The highest BCUT2D eigenvalue weighted by molar-refractivity contribution is 6.17. The van der Waals surface area contributed by atoms with Crippen LogP contribution in [0.15, 0.2) is 12.1 Å². The molecule has 6 heteroatoms. The summed E-state index contributed by atoms with van der Waals surface area (Å²) in [5.41, 5.74) is 0.243. The first-order chi connectivity index (χ1) is 9.03. The number of benzene rings is 1. The van der Waals surface area contributed by atoms with E-state index in [1.807, 2.05) is 0 Å². The molecule has 1 aromatic carbocycles. The predicted molar refractivity (Wildman–Crippen MR) is 66.0 cm³/mol. The summed E-state index contributed by atoms with van der Waals surface area (Å²) in [6.07, 6.45) is -3.05. The van der Waals surface area contributed by atoms with Crippen molar-refractivity contribution in [2.75, 3.05) is 6.61 Å². The summed E-state index contributed by atoms with van der Waals surface area (Å²) in [5, 5.41) is 8.79. The number of alkyl halides is 3. The van der Waals surface area contributed by atoms with Gasteiger partial charge in [0.2, 0.25) is 0 Å². The minimum atomic E-state index is -2.78. The number of esters is 1. The van der Waals surface area contributed by atoms with Crippen LogP contribution in [0.2, 0.25) is 0 Å². The summed E-state index contributed by atoms with van der Waals surface area (Å²) in [7, 11) is 0. The van der Waals surface area contributed by atoms with Crippen LogP contribution < -0.4 is 0 Å². The Hall–Kier alpha value is -1.67. The molecule has 0 fully saturated rings. The lowest BCUT2D eigenvalue weighted by Gasteiger charge is -2.13. The summed E-state index contributed by atoms with van der Waals surface area (Å²) in [6, 6.07) is 4.28. The minimum absolute atomic E-state index is 0.0516. The van der Waals surface area contributed by atoms with Crippen LogP contribution in [0.1, 0.15) is 35.6 Å². The number of halogens is 3. The van der Waals surface area contributed by atoms with Crippen LogP contribution >= 0.6 is 11.6 Å². The number of rotatable bonds is 5. The topological polar surface area (TPSA) is 50.1 Å². The van der Waals surface area contributed by atoms with Crippen LogP contribution in [0, 0.1) is 11.3 Å². The molecule has 0 unspecified atom stereocenters. The van der Waals surface area contributed by atoms with Gasteiger partial charge in [-0.15, -0.1) is 11.6 Å². The third-order valence-corrected chi connectivity index (χ3v) is 2.80. The maximum atomic E-state index is 13.0. The van der Waals surface area contributed by atoms with E-state index in [0.29, 0.717) is 5.56 Å². The van der Waals surface area contributed by atoms with Crippen LogP contribution in [-0.4, -0.2) is 12.6 Å². The van der Waals surface area contributed by atoms with E-state index in [2.05, 4.69) is 0 Å². The van der Waals surface area contributed by atoms with Gasteiger partial charge in [0.15, 0.2) is 0 Å². The summed E-state index contributed by atoms with van der Waals surface area (Å²) < 4.78 is 30.7.